The zero-order valence-electron chi connectivity index (χ0n) is 18.6. The summed E-state index contributed by atoms with van der Waals surface area (Å²) < 4.78 is 0. The van der Waals surface area contributed by atoms with Gasteiger partial charge in [0.05, 0.1) is 5.60 Å². The summed E-state index contributed by atoms with van der Waals surface area (Å²) in [6, 6.07) is 5.70. The van der Waals surface area contributed by atoms with Crippen LogP contribution in [0, 0.1) is 11.3 Å². The Morgan fingerprint density at radius 2 is 2.09 bits per heavy atom. The lowest BCUT2D eigenvalue weighted by molar-refractivity contribution is -0.171. The zero-order valence-corrected chi connectivity index (χ0v) is 18.6. The molecule has 0 aromatic heterocycles. The molecule has 1 amide bonds. The summed E-state index contributed by atoms with van der Waals surface area (Å²) in [6.07, 6.45) is 6.56. The molecule has 0 spiro atoms. The number of aliphatic hydroxyl groups is 1. The van der Waals surface area contributed by atoms with Crippen molar-refractivity contribution >= 4 is 11.9 Å². The number of phenolic OH excluding ortho intramolecular Hbond substituents is 1. The summed E-state index contributed by atoms with van der Waals surface area (Å²) in [6.45, 7) is 2.35. The molecular weight excluding hydrogens is 406 g/mol. The highest BCUT2D eigenvalue weighted by atomic mass is 16.3. The van der Waals surface area contributed by atoms with E-state index in [1.54, 1.807) is 6.07 Å². The molecule has 3 fully saturated rings. The standard InChI is InChI=1S/C24H35N5O3/c25-22(26)27-9-6-21(31)28-17-5-7-24(32)20-11-16-3-4-18(30)12-19(16)23(24,13-17)8-10-29(20)14-15-1-2-15/h3-4,12,15,17,20,30,32H,1-2,5-11,13-14H2,(H,28,31)(H4,25,26,27)/t17-,20-,23-,24-/m1/s1. The van der Waals surface area contributed by atoms with Crippen LogP contribution in [0.1, 0.15) is 56.1 Å². The van der Waals surface area contributed by atoms with Crippen LogP contribution in [-0.4, -0.2) is 64.3 Å². The van der Waals surface area contributed by atoms with E-state index >= 15 is 0 Å². The number of nitrogens with one attached hydrogen (secondary N) is 3. The summed E-state index contributed by atoms with van der Waals surface area (Å²) in [5, 5.41) is 35.6. The number of fused-ring (bicyclic) bond motifs is 1. The summed E-state index contributed by atoms with van der Waals surface area (Å²) in [5.41, 5.74) is 6.27. The van der Waals surface area contributed by atoms with Crippen LogP contribution in [-0.2, 0) is 16.6 Å². The molecule has 8 heteroatoms. The Hall–Kier alpha value is -2.32. The Morgan fingerprint density at radius 3 is 2.84 bits per heavy atom. The number of nitrogens with two attached hydrogens (primary N) is 1. The van der Waals surface area contributed by atoms with Gasteiger partial charge in [0.25, 0.3) is 0 Å². The van der Waals surface area contributed by atoms with Gasteiger partial charge >= 0.3 is 0 Å². The average molecular weight is 442 g/mol. The van der Waals surface area contributed by atoms with Crippen LogP contribution in [0.25, 0.3) is 0 Å². The molecule has 0 radical (unpaired) electrons. The molecule has 2 bridgehead atoms. The van der Waals surface area contributed by atoms with Gasteiger partial charge in [0.1, 0.15) is 5.75 Å². The summed E-state index contributed by atoms with van der Waals surface area (Å²) in [4.78, 5) is 15.0. The third-order valence-corrected chi connectivity index (χ3v) is 8.36. The fourth-order valence-electron chi connectivity index (χ4n) is 6.69. The van der Waals surface area contributed by atoms with Gasteiger partial charge in [-0.05, 0) is 80.7 Å². The number of phenols is 1. The first-order valence-corrected chi connectivity index (χ1v) is 12.0. The van der Waals surface area contributed by atoms with E-state index in [2.05, 4.69) is 15.5 Å². The number of carbonyl (C=O) groups is 1. The first-order chi connectivity index (χ1) is 15.3. The van der Waals surface area contributed by atoms with Gasteiger partial charge in [0, 0.05) is 37.0 Å². The molecule has 1 aliphatic heterocycles. The molecule has 4 aliphatic rings. The minimum atomic E-state index is -0.849. The number of likely N-dealkylation sites (tertiary alicyclic amines) is 1. The minimum Gasteiger partial charge on any atom is -0.508 e. The Labute approximate surface area is 189 Å². The lowest BCUT2D eigenvalue weighted by atomic mass is 9.49. The molecule has 1 aromatic rings. The highest BCUT2D eigenvalue weighted by Crippen LogP contribution is 2.58. The molecule has 2 saturated carbocycles. The monoisotopic (exact) mass is 441 g/mol. The van der Waals surface area contributed by atoms with Gasteiger partial charge in [0.15, 0.2) is 5.96 Å². The van der Waals surface area contributed by atoms with Crippen LogP contribution in [0.3, 0.4) is 0 Å². The average Bonchev–Trinajstić information content (AvgIpc) is 3.55. The lowest BCUT2D eigenvalue weighted by Crippen LogP contribution is -2.74. The maximum atomic E-state index is 12.5. The van der Waals surface area contributed by atoms with Crippen LogP contribution in [0.15, 0.2) is 18.2 Å². The maximum Gasteiger partial charge on any atom is 0.221 e. The van der Waals surface area contributed by atoms with E-state index in [4.69, 9.17) is 11.1 Å². The van der Waals surface area contributed by atoms with Crippen molar-refractivity contribution in [3.63, 3.8) is 0 Å². The molecule has 3 aliphatic carbocycles. The zero-order chi connectivity index (χ0) is 22.5. The number of hydrogen-bond acceptors (Lipinski definition) is 5. The van der Waals surface area contributed by atoms with Crippen LogP contribution in [0.5, 0.6) is 5.75 Å². The smallest absolute Gasteiger partial charge is 0.221 e. The molecule has 0 unspecified atom stereocenters. The number of guanidine groups is 1. The fraction of sp³-hybridized carbons (Fsp3) is 0.667. The minimum absolute atomic E-state index is 0.0240. The Kier molecular flexibility index (Phi) is 5.33. The fourth-order valence-corrected chi connectivity index (χ4v) is 6.69. The van der Waals surface area contributed by atoms with E-state index in [0.29, 0.717) is 19.4 Å². The van der Waals surface area contributed by atoms with Crippen molar-refractivity contribution in [2.75, 3.05) is 19.6 Å². The number of benzene rings is 1. The van der Waals surface area contributed by atoms with Gasteiger partial charge in [-0.1, -0.05) is 6.07 Å². The van der Waals surface area contributed by atoms with Gasteiger partial charge in [-0.15, -0.1) is 0 Å². The van der Waals surface area contributed by atoms with E-state index in [1.807, 2.05) is 12.1 Å². The highest BCUT2D eigenvalue weighted by Gasteiger charge is 2.64. The van der Waals surface area contributed by atoms with E-state index in [9.17, 15) is 15.0 Å². The van der Waals surface area contributed by atoms with Gasteiger partial charge in [-0.3, -0.25) is 15.1 Å². The van der Waals surface area contributed by atoms with Crippen molar-refractivity contribution in [3.05, 3.63) is 29.3 Å². The summed E-state index contributed by atoms with van der Waals surface area (Å²) in [5.74, 6) is 0.801. The van der Waals surface area contributed by atoms with E-state index in [-0.39, 0.29) is 36.1 Å². The highest BCUT2D eigenvalue weighted by molar-refractivity contribution is 5.78. The number of amides is 1. The number of nitrogens with zero attached hydrogens (tertiary/aromatic N) is 1. The molecule has 5 rings (SSSR count). The second-order valence-corrected chi connectivity index (χ2v) is 10.4. The number of rotatable bonds is 6. The topological polar surface area (TPSA) is 135 Å². The predicted octanol–water partition coefficient (Wildman–Crippen LogP) is 0.943. The number of aromatic hydroxyl groups is 1. The Morgan fingerprint density at radius 1 is 1.28 bits per heavy atom. The van der Waals surface area contributed by atoms with Crippen LogP contribution >= 0.6 is 0 Å². The largest absolute Gasteiger partial charge is 0.508 e. The molecule has 32 heavy (non-hydrogen) atoms. The Bertz CT molecular complexity index is 919. The van der Waals surface area contributed by atoms with Gasteiger partial charge < -0.3 is 26.6 Å². The molecule has 174 valence electrons. The number of hydrogen-bond donors (Lipinski definition) is 6. The van der Waals surface area contributed by atoms with Gasteiger partial charge in [0.2, 0.25) is 5.91 Å². The summed E-state index contributed by atoms with van der Waals surface area (Å²) >= 11 is 0. The normalized spacial score (nSPS) is 33.7. The third kappa shape index (κ3) is 3.63. The molecule has 4 atom stereocenters. The van der Waals surface area contributed by atoms with Gasteiger partial charge in [-0.25, -0.2) is 0 Å². The van der Waals surface area contributed by atoms with Crippen molar-refractivity contribution in [1.29, 1.82) is 5.41 Å². The molecule has 7 N–H and O–H groups in total. The molecule has 8 nitrogen and oxygen atoms in total. The van der Waals surface area contributed by atoms with Crippen LogP contribution in [0.2, 0.25) is 0 Å². The first-order valence-electron chi connectivity index (χ1n) is 12.0. The van der Waals surface area contributed by atoms with E-state index < -0.39 is 11.0 Å². The van der Waals surface area contributed by atoms with Crippen molar-refractivity contribution < 1.29 is 15.0 Å². The quantitative estimate of drug-likeness (QED) is 0.287. The molecular formula is C24H35N5O3. The second-order valence-electron chi connectivity index (χ2n) is 10.4. The number of piperidine rings is 1. The van der Waals surface area contributed by atoms with E-state index in [0.717, 1.165) is 43.8 Å². The van der Waals surface area contributed by atoms with Crippen molar-refractivity contribution in [2.24, 2.45) is 11.7 Å². The second kappa shape index (κ2) is 7.92. The first kappa shape index (κ1) is 21.5. The molecule has 1 aromatic carbocycles. The molecule has 1 heterocycles. The van der Waals surface area contributed by atoms with E-state index in [1.165, 1.54) is 18.4 Å². The molecule has 1 saturated heterocycles. The van der Waals surface area contributed by atoms with Crippen molar-refractivity contribution in [3.8, 4) is 5.75 Å². The SMILES string of the molecule is N=C(N)NCCC(=O)N[C@@H]1CC[C@@]2(O)[C@H]3Cc4ccc(O)cc4[C@@]2(CCN3CC2CC2)C1. The van der Waals surface area contributed by atoms with Crippen LogP contribution in [0.4, 0.5) is 0 Å². The third-order valence-electron chi connectivity index (χ3n) is 8.36. The summed E-state index contributed by atoms with van der Waals surface area (Å²) in [7, 11) is 0. The number of carbonyl (C=O) groups excluding carboxylic acids is 1. The maximum absolute atomic E-state index is 12.5. The van der Waals surface area contributed by atoms with Gasteiger partial charge in [-0.2, -0.15) is 0 Å². The van der Waals surface area contributed by atoms with Crippen molar-refractivity contribution in [2.45, 2.75) is 74.5 Å². The Balaban J connectivity index is 1.41. The lowest BCUT2D eigenvalue weighted by Gasteiger charge is -2.65. The van der Waals surface area contributed by atoms with Crippen LogP contribution < -0.4 is 16.4 Å². The predicted molar refractivity (Wildman–Crippen MR) is 121 cm³/mol. The van der Waals surface area contributed by atoms with Crippen molar-refractivity contribution in [1.82, 2.24) is 15.5 Å².